The summed E-state index contributed by atoms with van der Waals surface area (Å²) < 4.78 is 4.96. The van der Waals surface area contributed by atoms with E-state index in [-0.39, 0.29) is 0 Å². The van der Waals surface area contributed by atoms with Crippen molar-refractivity contribution in [3.63, 3.8) is 0 Å². The van der Waals surface area contributed by atoms with E-state index in [0.717, 1.165) is 4.90 Å². The van der Waals surface area contributed by atoms with Gasteiger partial charge in [-0.1, -0.05) is 35.0 Å². The Bertz CT molecular complexity index is 986. The van der Waals surface area contributed by atoms with Gasteiger partial charge >= 0.3 is 5.97 Å². The Balaban J connectivity index is 1.64. The van der Waals surface area contributed by atoms with Gasteiger partial charge in [0.15, 0.2) is 0 Å². The van der Waals surface area contributed by atoms with E-state index in [2.05, 4.69) is 5.16 Å². The summed E-state index contributed by atoms with van der Waals surface area (Å²) in [6, 6.07) is 13.0. The Morgan fingerprint density at radius 3 is 2.48 bits per heavy atom. The maximum absolute atomic E-state index is 13.0. The van der Waals surface area contributed by atoms with Crippen molar-refractivity contribution in [2.75, 3.05) is 4.90 Å². The number of carbonyl (C=O) groups excluding carboxylic acids is 3. The van der Waals surface area contributed by atoms with E-state index in [1.54, 1.807) is 24.3 Å². The van der Waals surface area contributed by atoms with Crippen LogP contribution in [0.5, 0.6) is 5.75 Å². The molecule has 0 bridgehead atoms. The van der Waals surface area contributed by atoms with Crippen molar-refractivity contribution in [2.45, 2.75) is 13.0 Å². The number of fused-ring (bicyclic) bond motifs is 1. The topological polar surface area (TPSA) is 85.3 Å². The molecule has 0 aromatic heterocycles. The van der Waals surface area contributed by atoms with Crippen LogP contribution in [0.1, 0.15) is 12.5 Å². The van der Waals surface area contributed by atoms with E-state index in [4.69, 9.17) is 21.2 Å². The quantitative estimate of drug-likeness (QED) is 0.461. The van der Waals surface area contributed by atoms with E-state index >= 15 is 0 Å². The molecule has 0 aliphatic carbocycles. The smallest absolute Gasteiger partial charge is 0.308 e. The van der Waals surface area contributed by atoms with Crippen LogP contribution in [0.15, 0.2) is 53.7 Å². The lowest BCUT2D eigenvalue weighted by molar-refractivity contribution is -0.132. The molecular formula is C19H13ClN2O5. The van der Waals surface area contributed by atoms with Gasteiger partial charge < -0.3 is 9.57 Å². The molecule has 2 aromatic carbocycles. The maximum Gasteiger partial charge on any atom is 0.308 e. The van der Waals surface area contributed by atoms with Crippen LogP contribution in [-0.2, 0) is 19.2 Å². The Hall–Kier alpha value is -3.19. The van der Waals surface area contributed by atoms with E-state index in [1.165, 1.54) is 31.2 Å². The van der Waals surface area contributed by atoms with Gasteiger partial charge in [-0.2, -0.15) is 0 Å². The third-order valence-corrected chi connectivity index (χ3v) is 4.65. The first-order valence-electron chi connectivity index (χ1n) is 8.12. The fourth-order valence-electron chi connectivity index (χ4n) is 3.15. The minimum atomic E-state index is -1.02. The molecule has 7 nitrogen and oxygen atoms in total. The van der Waals surface area contributed by atoms with Crippen LogP contribution in [0.2, 0.25) is 5.02 Å². The molecular weight excluding hydrogens is 372 g/mol. The minimum Gasteiger partial charge on any atom is -0.427 e. The predicted octanol–water partition coefficient (Wildman–Crippen LogP) is 2.56. The second-order valence-electron chi connectivity index (χ2n) is 6.06. The fourth-order valence-corrected chi connectivity index (χ4v) is 3.39. The molecule has 8 heteroatoms. The summed E-state index contributed by atoms with van der Waals surface area (Å²) in [6.45, 7) is 1.29. The highest BCUT2D eigenvalue weighted by molar-refractivity contribution is 6.38. The minimum absolute atomic E-state index is 0.320. The molecule has 2 aliphatic rings. The summed E-state index contributed by atoms with van der Waals surface area (Å²) >= 11 is 6.20. The van der Waals surface area contributed by atoms with Gasteiger partial charge in [0.25, 0.3) is 5.91 Å². The first-order valence-corrected chi connectivity index (χ1v) is 8.50. The zero-order chi connectivity index (χ0) is 19.1. The van der Waals surface area contributed by atoms with Gasteiger partial charge in [0.2, 0.25) is 12.0 Å². The number of rotatable bonds is 3. The average Bonchev–Trinajstić information content (AvgIpc) is 3.17. The number of halogens is 1. The lowest BCUT2D eigenvalue weighted by atomic mass is 9.94. The fraction of sp³-hybridized carbons (Fsp3) is 0.158. The summed E-state index contributed by atoms with van der Waals surface area (Å²) in [6.07, 6.45) is -1.02. The summed E-state index contributed by atoms with van der Waals surface area (Å²) in [4.78, 5) is 43.0. The monoisotopic (exact) mass is 384 g/mol. The van der Waals surface area contributed by atoms with Crippen molar-refractivity contribution < 1.29 is 24.0 Å². The van der Waals surface area contributed by atoms with Crippen LogP contribution in [0, 0.1) is 5.92 Å². The van der Waals surface area contributed by atoms with Gasteiger partial charge in [0.1, 0.15) is 17.4 Å². The van der Waals surface area contributed by atoms with Crippen LogP contribution in [-0.4, -0.2) is 29.6 Å². The number of esters is 1. The summed E-state index contributed by atoms with van der Waals surface area (Å²) in [7, 11) is 0. The normalized spacial score (nSPS) is 21.0. The lowest BCUT2D eigenvalue weighted by Crippen LogP contribution is -2.33. The molecule has 2 aromatic rings. The third-order valence-electron chi connectivity index (χ3n) is 4.32. The second-order valence-corrected chi connectivity index (χ2v) is 6.47. The number of hydrogen-bond acceptors (Lipinski definition) is 6. The molecule has 2 aliphatic heterocycles. The maximum atomic E-state index is 13.0. The van der Waals surface area contributed by atoms with E-state index in [0.29, 0.717) is 27.7 Å². The van der Waals surface area contributed by atoms with Crippen LogP contribution < -0.4 is 9.64 Å². The third kappa shape index (κ3) is 2.86. The van der Waals surface area contributed by atoms with E-state index < -0.39 is 29.8 Å². The summed E-state index contributed by atoms with van der Waals surface area (Å²) in [5.74, 6) is -1.94. The number of amides is 2. The van der Waals surface area contributed by atoms with Crippen molar-refractivity contribution in [3.05, 3.63) is 59.1 Å². The van der Waals surface area contributed by atoms with E-state index in [1.807, 2.05) is 0 Å². The van der Waals surface area contributed by atoms with Crippen molar-refractivity contribution in [3.8, 4) is 5.75 Å². The van der Waals surface area contributed by atoms with Crippen LogP contribution in [0.4, 0.5) is 5.69 Å². The van der Waals surface area contributed by atoms with Gasteiger partial charge in [-0.05, 0) is 30.3 Å². The highest BCUT2D eigenvalue weighted by Gasteiger charge is 2.56. The number of oxime groups is 1. The number of carbonyl (C=O) groups is 3. The van der Waals surface area contributed by atoms with Crippen LogP contribution >= 0.6 is 11.6 Å². The zero-order valence-corrected chi connectivity index (χ0v) is 14.8. The number of hydrogen-bond donors (Lipinski definition) is 0. The number of anilines is 1. The molecule has 2 atom stereocenters. The molecule has 0 unspecified atom stereocenters. The van der Waals surface area contributed by atoms with Gasteiger partial charge in [-0.25, -0.2) is 4.90 Å². The Kier molecular flexibility index (Phi) is 4.16. The SMILES string of the molecule is CC(=O)Oc1ccc(N2C(=O)[C@@H]3C(c4ccccc4Cl)=NO[C@H]3C2=O)cc1. The van der Waals surface area contributed by atoms with Crippen LogP contribution in [0.3, 0.4) is 0 Å². The molecule has 1 fully saturated rings. The Morgan fingerprint density at radius 1 is 1.11 bits per heavy atom. The van der Waals surface area contributed by atoms with Crippen molar-refractivity contribution in [1.82, 2.24) is 0 Å². The molecule has 1 saturated heterocycles. The molecule has 0 N–H and O–H groups in total. The number of imide groups is 1. The predicted molar refractivity (Wildman–Crippen MR) is 96.6 cm³/mol. The highest BCUT2D eigenvalue weighted by Crippen LogP contribution is 2.36. The van der Waals surface area contributed by atoms with Crippen molar-refractivity contribution in [1.29, 1.82) is 0 Å². The molecule has 2 heterocycles. The summed E-state index contributed by atoms with van der Waals surface area (Å²) in [5, 5.41) is 4.35. The summed E-state index contributed by atoms with van der Waals surface area (Å²) in [5.41, 5.74) is 1.25. The Morgan fingerprint density at radius 2 is 1.81 bits per heavy atom. The lowest BCUT2D eigenvalue weighted by Gasteiger charge is -2.16. The largest absolute Gasteiger partial charge is 0.427 e. The average molecular weight is 385 g/mol. The molecule has 0 spiro atoms. The number of benzene rings is 2. The van der Waals surface area contributed by atoms with E-state index in [9.17, 15) is 14.4 Å². The zero-order valence-electron chi connectivity index (χ0n) is 14.1. The Labute approximate surface area is 159 Å². The van der Waals surface area contributed by atoms with Gasteiger partial charge in [0, 0.05) is 17.5 Å². The van der Waals surface area contributed by atoms with Gasteiger partial charge in [-0.15, -0.1) is 0 Å². The molecule has 27 heavy (non-hydrogen) atoms. The number of ether oxygens (including phenoxy) is 1. The van der Waals surface area contributed by atoms with Crippen molar-refractivity contribution in [2.24, 2.45) is 11.1 Å². The molecule has 2 amide bonds. The second kappa shape index (κ2) is 6.51. The number of nitrogens with zero attached hydrogens (tertiary/aromatic N) is 2. The van der Waals surface area contributed by atoms with Crippen LogP contribution in [0.25, 0.3) is 0 Å². The molecule has 136 valence electrons. The van der Waals surface area contributed by atoms with Crippen molar-refractivity contribution >= 4 is 40.8 Å². The first-order chi connectivity index (χ1) is 13.0. The molecule has 0 radical (unpaired) electrons. The highest BCUT2D eigenvalue weighted by atomic mass is 35.5. The first kappa shape index (κ1) is 17.2. The molecule has 0 saturated carbocycles. The van der Waals surface area contributed by atoms with Gasteiger partial charge in [0.05, 0.1) is 5.69 Å². The van der Waals surface area contributed by atoms with Gasteiger partial charge in [-0.3, -0.25) is 14.4 Å². The molecule has 4 rings (SSSR count). The standard InChI is InChI=1S/C19H13ClN2O5/c1-10(23)26-12-8-6-11(7-9-12)22-18(24)15-16(21-27-17(15)19(22)25)13-4-2-3-5-14(13)20/h2-9,15,17H,1H3/t15-,17-/m1/s1.